The summed E-state index contributed by atoms with van der Waals surface area (Å²) in [4.78, 5) is 0. The summed E-state index contributed by atoms with van der Waals surface area (Å²) in [5.41, 5.74) is 0. The second kappa shape index (κ2) is 5.13. The molecule has 1 saturated heterocycles. The summed E-state index contributed by atoms with van der Waals surface area (Å²) in [6.07, 6.45) is 6.75. The van der Waals surface area contributed by atoms with Crippen molar-refractivity contribution in [3.05, 3.63) is 0 Å². The van der Waals surface area contributed by atoms with Gasteiger partial charge in [0.05, 0.1) is 0 Å². The van der Waals surface area contributed by atoms with Gasteiger partial charge in [-0.25, -0.2) is 0 Å². The van der Waals surface area contributed by atoms with Crippen LogP contribution in [0.3, 0.4) is 0 Å². The Morgan fingerprint density at radius 1 is 1.14 bits per heavy atom. The van der Waals surface area contributed by atoms with Crippen LogP contribution >= 0.6 is 0 Å². The van der Waals surface area contributed by atoms with Gasteiger partial charge in [0.1, 0.15) is 0 Å². The van der Waals surface area contributed by atoms with Crippen molar-refractivity contribution in [2.75, 3.05) is 19.8 Å². The lowest BCUT2D eigenvalue weighted by Crippen LogP contribution is -2.37. The molecule has 2 nitrogen and oxygen atoms in total. The van der Waals surface area contributed by atoms with Crippen LogP contribution in [0.1, 0.15) is 39.0 Å². The van der Waals surface area contributed by atoms with Crippen molar-refractivity contribution in [2.45, 2.75) is 45.1 Å². The van der Waals surface area contributed by atoms with Crippen LogP contribution in [0.15, 0.2) is 0 Å². The Morgan fingerprint density at radius 2 is 1.93 bits per heavy atom. The molecule has 1 aliphatic heterocycles. The highest BCUT2D eigenvalue weighted by atomic mass is 16.5. The summed E-state index contributed by atoms with van der Waals surface area (Å²) in [5.74, 6) is 1.92. The first kappa shape index (κ1) is 10.4. The molecule has 0 spiro atoms. The molecule has 2 unspecified atom stereocenters. The van der Waals surface area contributed by atoms with Crippen LogP contribution in [0.4, 0.5) is 0 Å². The monoisotopic (exact) mass is 197 g/mol. The molecule has 0 radical (unpaired) electrons. The fraction of sp³-hybridized carbons (Fsp3) is 1.00. The molecular weight excluding hydrogens is 174 g/mol. The molecule has 0 aromatic heterocycles. The van der Waals surface area contributed by atoms with E-state index < -0.39 is 0 Å². The Labute approximate surface area is 87.4 Å². The minimum Gasteiger partial charge on any atom is -0.381 e. The van der Waals surface area contributed by atoms with Gasteiger partial charge in [-0.1, -0.05) is 13.3 Å². The van der Waals surface area contributed by atoms with Crippen molar-refractivity contribution in [1.82, 2.24) is 5.32 Å². The molecule has 2 fully saturated rings. The fourth-order valence-electron chi connectivity index (χ4n) is 2.75. The Hall–Kier alpha value is -0.0800. The molecule has 14 heavy (non-hydrogen) atoms. The standard InChI is InChI=1S/C12H23NO/c1-10-2-3-11(8-10)9-13-12-4-6-14-7-5-12/h10-13H,2-9H2,1H3. The molecule has 2 atom stereocenters. The van der Waals surface area contributed by atoms with E-state index in [9.17, 15) is 0 Å². The lowest BCUT2D eigenvalue weighted by atomic mass is 10.0. The topological polar surface area (TPSA) is 21.3 Å². The predicted octanol–water partition coefficient (Wildman–Crippen LogP) is 2.19. The molecule has 2 aliphatic rings. The summed E-state index contributed by atoms with van der Waals surface area (Å²) in [6.45, 7) is 5.54. The molecule has 0 bridgehead atoms. The van der Waals surface area contributed by atoms with E-state index in [1.165, 1.54) is 38.6 Å². The Balaban J connectivity index is 1.61. The van der Waals surface area contributed by atoms with Crippen molar-refractivity contribution in [3.63, 3.8) is 0 Å². The SMILES string of the molecule is CC1CCC(CNC2CCOCC2)C1. The summed E-state index contributed by atoms with van der Waals surface area (Å²) in [6, 6.07) is 0.736. The molecule has 0 amide bonds. The van der Waals surface area contributed by atoms with E-state index in [2.05, 4.69) is 12.2 Å². The van der Waals surface area contributed by atoms with E-state index in [-0.39, 0.29) is 0 Å². The maximum atomic E-state index is 5.35. The number of nitrogens with one attached hydrogen (secondary N) is 1. The third-order valence-corrected chi connectivity index (χ3v) is 3.72. The van der Waals surface area contributed by atoms with Gasteiger partial charge in [0.2, 0.25) is 0 Å². The maximum Gasteiger partial charge on any atom is 0.0480 e. The average Bonchev–Trinajstić information content (AvgIpc) is 2.63. The first-order chi connectivity index (χ1) is 6.84. The molecule has 0 aromatic carbocycles. The van der Waals surface area contributed by atoms with Gasteiger partial charge in [-0.2, -0.15) is 0 Å². The second-order valence-corrected chi connectivity index (χ2v) is 5.08. The average molecular weight is 197 g/mol. The van der Waals surface area contributed by atoms with Gasteiger partial charge in [-0.3, -0.25) is 0 Å². The zero-order chi connectivity index (χ0) is 9.80. The summed E-state index contributed by atoms with van der Waals surface area (Å²) in [7, 11) is 0. The maximum absolute atomic E-state index is 5.35. The smallest absolute Gasteiger partial charge is 0.0480 e. The lowest BCUT2D eigenvalue weighted by Gasteiger charge is -2.24. The van der Waals surface area contributed by atoms with E-state index >= 15 is 0 Å². The number of hydrogen-bond acceptors (Lipinski definition) is 2. The van der Waals surface area contributed by atoms with Gasteiger partial charge >= 0.3 is 0 Å². The van der Waals surface area contributed by atoms with E-state index in [1.54, 1.807) is 0 Å². The van der Waals surface area contributed by atoms with Gasteiger partial charge in [-0.05, 0) is 44.1 Å². The van der Waals surface area contributed by atoms with Gasteiger partial charge in [0, 0.05) is 19.3 Å². The van der Waals surface area contributed by atoms with Gasteiger partial charge in [0.25, 0.3) is 0 Å². The zero-order valence-corrected chi connectivity index (χ0v) is 9.30. The minimum atomic E-state index is 0.736. The van der Waals surface area contributed by atoms with Crippen molar-refractivity contribution in [2.24, 2.45) is 11.8 Å². The first-order valence-electron chi connectivity index (χ1n) is 6.15. The molecule has 82 valence electrons. The molecule has 1 saturated carbocycles. The highest BCUT2D eigenvalue weighted by molar-refractivity contribution is 4.77. The van der Waals surface area contributed by atoms with Gasteiger partial charge in [0.15, 0.2) is 0 Å². The van der Waals surface area contributed by atoms with E-state index in [0.717, 1.165) is 31.1 Å². The lowest BCUT2D eigenvalue weighted by molar-refractivity contribution is 0.0769. The van der Waals surface area contributed by atoms with E-state index in [0.29, 0.717) is 0 Å². The Morgan fingerprint density at radius 3 is 2.57 bits per heavy atom. The predicted molar refractivity (Wildman–Crippen MR) is 58.3 cm³/mol. The summed E-state index contributed by atoms with van der Waals surface area (Å²) < 4.78 is 5.35. The van der Waals surface area contributed by atoms with Crippen LogP contribution in [-0.2, 0) is 4.74 Å². The largest absolute Gasteiger partial charge is 0.381 e. The third-order valence-electron chi connectivity index (χ3n) is 3.72. The second-order valence-electron chi connectivity index (χ2n) is 5.08. The summed E-state index contributed by atoms with van der Waals surface area (Å²) >= 11 is 0. The van der Waals surface area contributed by atoms with Gasteiger partial charge < -0.3 is 10.1 Å². The molecule has 2 heteroatoms. The van der Waals surface area contributed by atoms with Crippen molar-refractivity contribution in [3.8, 4) is 0 Å². The third kappa shape index (κ3) is 2.96. The van der Waals surface area contributed by atoms with Crippen LogP contribution in [0.5, 0.6) is 0 Å². The van der Waals surface area contributed by atoms with E-state index in [4.69, 9.17) is 4.74 Å². The Kier molecular flexibility index (Phi) is 3.82. The first-order valence-corrected chi connectivity index (χ1v) is 6.15. The van der Waals surface area contributed by atoms with Crippen molar-refractivity contribution in [1.29, 1.82) is 0 Å². The van der Waals surface area contributed by atoms with Crippen LogP contribution in [-0.4, -0.2) is 25.8 Å². The van der Waals surface area contributed by atoms with E-state index in [1.807, 2.05) is 0 Å². The zero-order valence-electron chi connectivity index (χ0n) is 9.30. The normalized spacial score (nSPS) is 34.9. The Bertz CT molecular complexity index is 161. The number of rotatable bonds is 3. The molecule has 1 aliphatic carbocycles. The molecule has 1 N–H and O–H groups in total. The van der Waals surface area contributed by atoms with Crippen molar-refractivity contribution >= 4 is 0 Å². The van der Waals surface area contributed by atoms with Gasteiger partial charge in [-0.15, -0.1) is 0 Å². The molecule has 1 heterocycles. The number of ether oxygens (including phenoxy) is 1. The molecule has 2 rings (SSSR count). The molecule has 0 aromatic rings. The number of hydrogen-bond donors (Lipinski definition) is 1. The van der Waals surface area contributed by atoms with Crippen LogP contribution in [0.2, 0.25) is 0 Å². The van der Waals surface area contributed by atoms with Crippen LogP contribution < -0.4 is 5.32 Å². The quantitative estimate of drug-likeness (QED) is 0.749. The highest BCUT2D eigenvalue weighted by Crippen LogP contribution is 2.29. The highest BCUT2D eigenvalue weighted by Gasteiger charge is 2.22. The molecular formula is C12H23NO. The van der Waals surface area contributed by atoms with Crippen LogP contribution in [0, 0.1) is 11.8 Å². The fourth-order valence-corrected chi connectivity index (χ4v) is 2.75. The minimum absolute atomic E-state index is 0.736. The van der Waals surface area contributed by atoms with Crippen LogP contribution in [0.25, 0.3) is 0 Å². The summed E-state index contributed by atoms with van der Waals surface area (Å²) in [5, 5.41) is 3.70. The van der Waals surface area contributed by atoms with Crippen molar-refractivity contribution < 1.29 is 4.74 Å².